The fourth-order valence-electron chi connectivity index (χ4n) is 4.53. The molecule has 1 fully saturated rings. The number of nitrogens with zero attached hydrogens (tertiary/aromatic N) is 2. The highest BCUT2D eigenvalue weighted by Gasteiger charge is 2.47. The number of methoxy groups -OCH3 is 1. The third kappa shape index (κ3) is 4.51. The lowest BCUT2D eigenvalue weighted by Gasteiger charge is -2.25. The summed E-state index contributed by atoms with van der Waals surface area (Å²) in [6.45, 7) is 10.3. The largest absolute Gasteiger partial charge is 0.507 e. The number of rotatable bonds is 5. The maximum Gasteiger partial charge on any atom is 0.300 e. The van der Waals surface area contributed by atoms with Crippen LogP contribution in [0.5, 0.6) is 5.75 Å². The van der Waals surface area contributed by atoms with Crippen molar-refractivity contribution in [2.45, 2.75) is 52.0 Å². The molecule has 1 amide bonds. The zero-order valence-electron chi connectivity index (χ0n) is 21.6. The number of hydrogen-bond acceptors (Lipinski definition) is 5. The topological polar surface area (TPSA) is 79.7 Å². The minimum absolute atomic E-state index is 0.0108. The van der Waals surface area contributed by atoms with Crippen LogP contribution in [0.15, 0.2) is 72.4 Å². The molecule has 186 valence electrons. The number of hydrogen-bond donors (Lipinski definition) is 1. The summed E-state index contributed by atoms with van der Waals surface area (Å²) in [5.41, 5.74) is 3.25. The van der Waals surface area contributed by atoms with E-state index in [-0.39, 0.29) is 16.7 Å². The molecule has 1 atom stereocenters. The van der Waals surface area contributed by atoms with Crippen molar-refractivity contribution in [2.75, 3.05) is 12.0 Å². The van der Waals surface area contributed by atoms with Crippen LogP contribution in [0.1, 0.15) is 69.0 Å². The van der Waals surface area contributed by atoms with Gasteiger partial charge < -0.3 is 9.84 Å². The first-order valence-electron chi connectivity index (χ1n) is 12.1. The lowest BCUT2D eigenvalue weighted by atomic mass is 9.84. The van der Waals surface area contributed by atoms with E-state index in [2.05, 4.69) is 18.8 Å². The number of pyridine rings is 1. The zero-order chi connectivity index (χ0) is 26.2. The Bertz CT molecular complexity index is 1320. The van der Waals surface area contributed by atoms with Crippen LogP contribution in [-0.2, 0) is 15.0 Å². The molecule has 0 saturated carbocycles. The molecule has 6 nitrogen and oxygen atoms in total. The normalized spacial score (nSPS) is 17.6. The molecule has 2 heterocycles. The Kier molecular flexibility index (Phi) is 6.72. The summed E-state index contributed by atoms with van der Waals surface area (Å²) in [5.74, 6) is -0.670. The number of carbonyl (C=O) groups is 2. The first kappa shape index (κ1) is 25.2. The monoisotopic (exact) mass is 484 g/mol. The maximum atomic E-state index is 13.4. The molecule has 1 aromatic heterocycles. The fraction of sp³-hybridized carbons (Fsp3) is 0.300. The van der Waals surface area contributed by atoms with Crippen LogP contribution in [0, 0.1) is 0 Å². The first-order valence-corrected chi connectivity index (χ1v) is 12.1. The van der Waals surface area contributed by atoms with Gasteiger partial charge in [0.2, 0.25) is 0 Å². The van der Waals surface area contributed by atoms with Crippen LogP contribution in [0.4, 0.5) is 5.69 Å². The molecule has 0 spiro atoms. The Morgan fingerprint density at radius 1 is 1.03 bits per heavy atom. The summed E-state index contributed by atoms with van der Waals surface area (Å²) in [7, 11) is 1.60. The number of anilines is 1. The van der Waals surface area contributed by atoms with E-state index in [0.717, 1.165) is 11.1 Å². The summed E-state index contributed by atoms with van der Waals surface area (Å²) in [5, 5.41) is 11.5. The Balaban J connectivity index is 1.92. The Morgan fingerprint density at radius 2 is 1.72 bits per heavy atom. The molecule has 1 unspecified atom stereocenters. The minimum Gasteiger partial charge on any atom is -0.507 e. The number of amides is 1. The minimum atomic E-state index is -0.865. The second kappa shape index (κ2) is 9.61. The Hall–Kier alpha value is -3.93. The van der Waals surface area contributed by atoms with Gasteiger partial charge in [-0.2, -0.15) is 0 Å². The van der Waals surface area contributed by atoms with Crippen LogP contribution in [0.3, 0.4) is 0 Å². The summed E-state index contributed by atoms with van der Waals surface area (Å²) < 4.78 is 5.52. The summed E-state index contributed by atoms with van der Waals surface area (Å²) in [4.78, 5) is 32.6. The number of benzene rings is 2. The lowest BCUT2D eigenvalue weighted by Crippen LogP contribution is -2.29. The number of ketones is 1. The second-order valence-electron chi connectivity index (χ2n) is 10.3. The molecule has 0 bridgehead atoms. The van der Waals surface area contributed by atoms with E-state index < -0.39 is 17.7 Å². The highest BCUT2D eigenvalue weighted by atomic mass is 16.5. The van der Waals surface area contributed by atoms with Gasteiger partial charge in [0, 0.05) is 23.0 Å². The van der Waals surface area contributed by atoms with E-state index >= 15 is 0 Å². The van der Waals surface area contributed by atoms with Gasteiger partial charge in [-0.25, -0.2) is 0 Å². The molecule has 36 heavy (non-hydrogen) atoms. The number of ether oxygens (including phenoxy) is 1. The SMILES string of the molecule is COc1ccc(/C(O)=C2/C(=O)C(=O)N(c3ccc(C(C)C)cc3)C2c2ccccn2)cc1C(C)(C)C. The van der Waals surface area contributed by atoms with Crippen LogP contribution in [0.25, 0.3) is 5.76 Å². The highest BCUT2D eigenvalue weighted by Crippen LogP contribution is 2.42. The van der Waals surface area contributed by atoms with Crippen molar-refractivity contribution in [3.8, 4) is 5.75 Å². The number of aliphatic hydroxyl groups is 1. The molecule has 0 aliphatic carbocycles. The molecule has 1 saturated heterocycles. The van der Waals surface area contributed by atoms with E-state index in [1.165, 1.54) is 4.90 Å². The second-order valence-corrected chi connectivity index (χ2v) is 10.3. The van der Waals surface area contributed by atoms with Crippen LogP contribution in [-0.4, -0.2) is 28.9 Å². The average Bonchev–Trinajstić information content (AvgIpc) is 3.13. The standard InChI is InChI=1S/C30H32N2O4/c1-18(2)19-10-13-21(14-11-19)32-26(23-9-7-8-16-31-23)25(28(34)29(32)35)27(33)20-12-15-24(36-6)22(17-20)30(3,4)5/h7-18,26,33H,1-6H3/b27-25-. The summed E-state index contributed by atoms with van der Waals surface area (Å²) in [6.07, 6.45) is 1.61. The van der Waals surface area contributed by atoms with E-state index in [9.17, 15) is 14.7 Å². The number of aliphatic hydroxyl groups excluding tert-OH is 1. The lowest BCUT2D eigenvalue weighted by molar-refractivity contribution is -0.132. The Labute approximate surface area is 212 Å². The van der Waals surface area contributed by atoms with E-state index in [0.29, 0.717) is 28.6 Å². The van der Waals surface area contributed by atoms with Gasteiger partial charge >= 0.3 is 0 Å². The molecule has 6 heteroatoms. The molecule has 1 aliphatic rings. The molecule has 2 aromatic carbocycles. The maximum absolute atomic E-state index is 13.4. The van der Waals surface area contributed by atoms with Crippen molar-refractivity contribution < 1.29 is 19.4 Å². The van der Waals surface area contributed by atoms with Gasteiger partial charge in [-0.15, -0.1) is 0 Å². The molecule has 0 radical (unpaired) electrons. The van der Waals surface area contributed by atoms with Crippen molar-refractivity contribution in [1.82, 2.24) is 4.98 Å². The van der Waals surface area contributed by atoms with Gasteiger partial charge in [-0.05, 0) is 59.4 Å². The van der Waals surface area contributed by atoms with Crippen molar-refractivity contribution in [3.05, 3.63) is 94.8 Å². The van der Waals surface area contributed by atoms with Crippen LogP contribution >= 0.6 is 0 Å². The van der Waals surface area contributed by atoms with Crippen molar-refractivity contribution in [2.24, 2.45) is 0 Å². The predicted octanol–water partition coefficient (Wildman–Crippen LogP) is 6.14. The van der Waals surface area contributed by atoms with Crippen molar-refractivity contribution in [1.29, 1.82) is 0 Å². The quantitative estimate of drug-likeness (QED) is 0.267. The predicted molar refractivity (Wildman–Crippen MR) is 141 cm³/mol. The number of Topliss-reactive ketones (excluding diaryl/α,β-unsaturated/α-hetero) is 1. The van der Waals surface area contributed by atoms with Gasteiger partial charge in [0.15, 0.2) is 0 Å². The average molecular weight is 485 g/mol. The first-order chi connectivity index (χ1) is 17.0. The molecular weight excluding hydrogens is 452 g/mol. The number of carbonyl (C=O) groups excluding carboxylic acids is 2. The van der Waals surface area contributed by atoms with E-state index in [1.54, 1.807) is 43.6 Å². The molecule has 4 rings (SSSR count). The van der Waals surface area contributed by atoms with E-state index in [1.807, 2.05) is 51.1 Å². The van der Waals surface area contributed by atoms with E-state index in [4.69, 9.17) is 4.74 Å². The molecule has 1 N–H and O–H groups in total. The van der Waals surface area contributed by atoms with Gasteiger partial charge in [-0.1, -0.05) is 52.8 Å². The van der Waals surface area contributed by atoms with Crippen LogP contribution in [0.2, 0.25) is 0 Å². The van der Waals surface area contributed by atoms with Gasteiger partial charge in [-0.3, -0.25) is 19.5 Å². The smallest absolute Gasteiger partial charge is 0.300 e. The van der Waals surface area contributed by atoms with Crippen LogP contribution < -0.4 is 9.64 Å². The third-order valence-electron chi connectivity index (χ3n) is 6.53. The van der Waals surface area contributed by atoms with Gasteiger partial charge in [0.25, 0.3) is 11.7 Å². The summed E-state index contributed by atoms with van der Waals surface area (Å²) >= 11 is 0. The van der Waals surface area contributed by atoms with Crippen molar-refractivity contribution in [3.63, 3.8) is 0 Å². The molecule has 1 aliphatic heterocycles. The molecule has 3 aromatic rings. The summed E-state index contributed by atoms with van der Waals surface area (Å²) in [6, 6.07) is 17.3. The number of aromatic nitrogens is 1. The third-order valence-corrected chi connectivity index (χ3v) is 6.53. The van der Waals surface area contributed by atoms with Gasteiger partial charge in [0.05, 0.1) is 18.4 Å². The van der Waals surface area contributed by atoms with Gasteiger partial charge in [0.1, 0.15) is 17.6 Å². The van der Waals surface area contributed by atoms with Crippen molar-refractivity contribution >= 4 is 23.1 Å². The zero-order valence-corrected chi connectivity index (χ0v) is 21.6. The Morgan fingerprint density at radius 3 is 2.28 bits per heavy atom. The molecular formula is C30H32N2O4. The highest BCUT2D eigenvalue weighted by molar-refractivity contribution is 6.51. The fourth-order valence-corrected chi connectivity index (χ4v) is 4.53.